The second-order valence-corrected chi connectivity index (χ2v) is 4.13. The van der Waals surface area contributed by atoms with Gasteiger partial charge in [-0.05, 0) is 12.8 Å². The van der Waals surface area contributed by atoms with Crippen LogP contribution in [0.1, 0.15) is 24.5 Å². The molecule has 1 heterocycles. The van der Waals surface area contributed by atoms with Gasteiger partial charge in [0.05, 0.1) is 12.7 Å². The lowest BCUT2D eigenvalue weighted by Crippen LogP contribution is -2.19. The van der Waals surface area contributed by atoms with Crippen molar-refractivity contribution in [2.24, 2.45) is 0 Å². The summed E-state index contributed by atoms with van der Waals surface area (Å²) in [6.07, 6.45) is 0.966. The van der Waals surface area contributed by atoms with Crippen LogP contribution in [0.3, 0.4) is 0 Å². The molecule has 0 saturated heterocycles. The normalized spacial score (nSPS) is 24.8. The molecule has 1 fully saturated rings. The molecule has 4 nitrogen and oxygen atoms in total. The monoisotopic (exact) mass is 208 g/mol. The maximum absolute atomic E-state index is 9.99. The lowest BCUT2D eigenvalue weighted by atomic mass is 10.0. The molecule has 1 aromatic carbocycles. The van der Waals surface area contributed by atoms with Crippen LogP contribution in [0.15, 0.2) is 12.1 Å². The molecule has 1 atom stereocenters. The first-order valence-electron chi connectivity index (χ1n) is 4.94. The van der Waals surface area contributed by atoms with Crippen LogP contribution >= 0.6 is 0 Å². The van der Waals surface area contributed by atoms with E-state index in [9.17, 15) is 10.2 Å². The summed E-state index contributed by atoms with van der Waals surface area (Å²) >= 11 is 0. The summed E-state index contributed by atoms with van der Waals surface area (Å²) in [6, 6.07) is 3.19. The second-order valence-electron chi connectivity index (χ2n) is 4.13. The minimum Gasteiger partial charge on any atom is -0.507 e. The Morgan fingerprint density at radius 2 is 2.20 bits per heavy atom. The van der Waals surface area contributed by atoms with Gasteiger partial charge in [0.25, 0.3) is 0 Å². The number of aromatic hydroxyl groups is 1. The highest BCUT2D eigenvalue weighted by Crippen LogP contribution is 2.59. The van der Waals surface area contributed by atoms with E-state index in [1.54, 1.807) is 6.07 Å². The van der Waals surface area contributed by atoms with Crippen molar-refractivity contribution in [1.29, 1.82) is 0 Å². The van der Waals surface area contributed by atoms with Gasteiger partial charge in [-0.1, -0.05) is 0 Å². The van der Waals surface area contributed by atoms with Crippen molar-refractivity contribution in [2.45, 2.75) is 24.5 Å². The van der Waals surface area contributed by atoms with E-state index in [0.717, 1.165) is 12.8 Å². The van der Waals surface area contributed by atoms with Gasteiger partial charge in [0, 0.05) is 12.1 Å². The molecule has 1 saturated carbocycles. The van der Waals surface area contributed by atoms with Crippen molar-refractivity contribution < 1.29 is 19.7 Å². The van der Waals surface area contributed by atoms with Crippen LogP contribution in [0, 0.1) is 0 Å². The smallest absolute Gasteiger partial charge is 0.139 e. The molecule has 1 aliphatic heterocycles. The zero-order valence-electron chi connectivity index (χ0n) is 8.36. The van der Waals surface area contributed by atoms with Crippen LogP contribution in [-0.4, -0.2) is 22.9 Å². The molecule has 0 bridgehead atoms. The lowest BCUT2D eigenvalue weighted by molar-refractivity contribution is 0.0480. The third kappa shape index (κ3) is 1.05. The Morgan fingerprint density at radius 1 is 1.47 bits per heavy atom. The van der Waals surface area contributed by atoms with Crippen LogP contribution in [-0.2, 0) is 0 Å². The van der Waals surface area contributed by atoms with Crippen molar-refractivity contribution in [3.8, 4) is 17.2 Å². The van der Waals surface area contributed by atoms with Crippen LogP contribution in [0.5, 0.6) is 17.2 Å². The number of phenolic OH excluding ortho intramolecular Hbond substituents is 1. The third-order valence-electron chi connectivity index (χ3n) is 3.16. The summed E-state index contributed by atoms with van der Waals surface area (Å²) in [4.78, 5) is 0. The molecule has 0 aromatic heterocycles. The Kier molecular flexibility index (Phi) is 1.52. The third-order valence-corrected chi connectivity index (χ3v) is 3.16. The molecule has 4 heteroatoms. The summed E-state index contributed by atoms with van der Waals surface area (Å²) in [5, 5.41) is 19.7. The quantitative estimate of drug-likeness (QED) is 0.731. The fourth-order valence-corrected chi connectivity index (χ4v) is 2.10. The van der Waals surface area contributed by atoms with E-state index in [2.05, 4.69) is 0 Å². The molecule has 0 radical (unpaired) electrons. The number of rotatable bonds is 1. The molecule has 1 spiro atoms. The van der Waals surface area contributed by atoms with Crippen LogP contribution < -0.4 is 9.47 Å². The Balaban J connectivity index is 2.12. The number of benzene rings is 1. The van der Waals surface area contributed by atoms with E-state index < -0.39 is 11.7 Å². The highest BCUT2D eigenvalue weighted by Gasteiger charge is 2.58. The van der Waals surface area contributed by atoms with Gasteiger partial charge in [-0.25, -0.2) is 0 Å². The van der Waals surface area contributed by atoms with E-state index in [1.807, 2.05) is 0 Å². The van der Waals surface area contributed by atoms with Gasteiger partial charge in [0.2, 0.25) is 0 Å². The minimum atomic E-state index is -0.710. The van der Waals surface area contributed by atoms with Gasteiger partial charge < -0.3 is 19.7 Å². The molecular weight excluding hydrogens is 196 g/mol. The first kappa shape index (κ1) is 8.85. The summed E-state index contributed by atoms with van der Waals surface area (Å²) in [5.74, 6) is 1.12. The Hall–Kier alpha value is -1.42. The van der Waals surface area contributed by atoms with Gasteiger partial charge >= 0.3 is 0 Å². The number of phenols is 1. The highest BCUT2D eigenvalue weighted by atomic mass is 16.5. The highest BCUT2D eigenvalue weighted by molar-refractivity contribution is 5.55. The van der Waals surface area contributed by atoms with Gasteiger partial charge in [0.15, 0.2) is 0 Å². The number of ether oxygens (including phenoxy) is 2. The Morgan fingerprint density at radius 3 is 2.80 bits per heavy atom. The van der Waals surface area contributed by atoms with Crippen LogP contribution in [0.2, 0.25) is 0 Å². The summed E-state index contributed by atoms with van der Waals surface area (Å²) in [7, 11) is 1.53. The minimum absolute atomic E-state index is 0.0422. The van der Waals surface area contributed by atoms with E-state index in [1.165, 1.54) is 13.2 Å². The van der Waals surface area contributed by atoms with Crippen molar-refractivity contribution in [3.05, 3.63) is 17.7 Å². The number of fused-ring (bicyclic) bond motifs is 1. The van der Waals surface area contributed by atoms with E-state index in [0.29, 0.717) is 17.1 Å². The maximum Gasteiger partial charge on any atom is 0.139 e. The molecule has 1 unspecified atom stereocenters. The predicted octanol–water partition coefficient (Wildman–Crippen LogP) is 1.36. The Labute approximate surface area is 87.1 Å². The molecule has 1 aliphatic carbocycles. The van der Waals surface area contributed by atoms with Crippen molar-refractivity contribution in [1.82, 2.24) is 0 Å². The number of aliphatic hydroxyl groups is 1. The molecule has 15 heavy (non-hydrogen) atoms. The number of methoxy groups -OCH3 is 1. The average Bonchev–Trinajstić information content (AvgIpc) is 2.91. The molecule has 80 valence electrons. The number of hydrogen-bond donors (Lipinski definition) is 2. The van der Waals surface area contributed by atoms with Crippen LogP contribution in [0.4, 0.5) is 0 Å². The first-order chi connectivity index (χ1) is 7.16. The van der Waals surface area contributed by atoms with Gasteiger partial charge in [-0.15, -0.1) is 0 Å². The van der Waals surface area contributed by atoms with Gasteiger partial charge in [-0.3, -0.25) is 0 Å². The van der Waals surface area contributed by atoms with E-state index in [4.69, 9.17) is 9.47 Å². The summed E-state index contributed by atoms with van der Waals surface area (Å²) in [5.41, 5.74) is 0.0277. The molecule has 2 N–H and O–H groups in total. The van der Waals surface area contributed by atoms with Crippen molar-refractivity contribution in [2.75, 3.05) is 7.11 Å². The van der Waals surface area contributed by atoms with E-state index >= 15 is 0 Å². The second kappa shape index (κ2) is 2.58. The summed E-state index contributed by atoms with van der Waals surface area (Å²) in [6.45, 7) is 0. The van der Waals surface area contributed by atoms with Crippen molar-refractivity contribution >= 4 is 0 Å². The standard InChI is InChI=1S/C11H12O4/c1-14-6-4-7(12)9-8(5-6)15-11(2-3-11)10(9)13/h4-5,10,12-13H,2-3H2,1H3. The largest absolute Gasteiger partial charge is 0.507 e. The van der Waals surface area contributed by atoms with E-state index in [-0.39, 0.29) is 5.75 Å². The predicted molar refractivity (Wildman–Crippen MR) is 52.2 cm³/mol. The fourth-order valence-electron chi connectivity index (χ4n) is 2.10. The molecule has 0 amide bonds. The first-order valence-corrected chi connectivity index (χ1v) is 4.94. The summed E-state index contributed by atoms with van der Waals surface area (Å²) < 4.78 is 10.7. The zero-order valence-corrected chi connectivity index (χ0v) is 8.36. The van der Waals surface area contributed by atoms with Gasteiger partial charge in [-0.2, -0.15) is 0 Å². The molecule has 2 aliphatic rings. The van der Waals surface area contributed by atoms with Crippen LogP contribution in [0.25, 0.3) is 0 Å². The topological polar surface area (TPSA) is 58.9 Å². The SMILES string of the molecule is COc1cc(O)c2c(c1)OC1(CC1)C2O. The average molecular weight is 208 g/mol. The van der Waals surface area contributed by atoms with Gasteiger partial charge in [0.1, 0.15) is 29.0 Å². The molecule has 1 aromatic rings. The van der Waals surface area contributed by atoms with Crippen molar-refractivity contribution in [3.63, 3.8) is 0 Å². The fraction of sp³-hybridized carbons (Fsp3) is 0.455. The number of hydrogen-bond acceptors (Lipinski definition) is 4. The Bertz CT molecular complexity index is 423. The zero-order chi connectivity index (χ0) is 10.6. The lowest BCUT2D eigenvalue weighted by Gasteiger charge is -2.11. The number of aliphatic hydroxyl groups excluding tert-OH is 1. The molecule has 3 rings (SSSR count). The molecular formula is C11H12O4. The maximum atomic E-state index is 9.99.